The molecular formula is C19H23N3O5. The molecule has 0 saturated carbocycles. The quantitative estimate of drug-likeness (QED) is 0.544. The van der Waals surface area contributed by atoms with Crippen molar-refractivity contribution in [2.45, 2.75) is 25.9 Å². The smallest absolute Gasteiger partial charge is 0.269 e. The van der Waals surface area contributed by atoms with Gasteiger partial charge < -0.3 is 14.8 Å². The van der Waals surface area contributed by atoms with Gasteiger partial charge in [-0.3, -0.25) is 20.2 Å². The minimum Gasteiger partial charge on any atom is -0.497 e. The van der Waals surface area contributed by atoms with Crippen molar-refractivity contribution in [2.75, 3.05) is 19.5 Å². The average Bonchev–Trinajstić information content (AvgIpc) is 2.67. The van der Waals surface area contributed by atoms with E-state index in [4.69, 9.17) is 9.47 Å². The van der Waals surface area contributed by atoms with Crippen molar-refractivity contribution in [2.24, 2.45) is 0 Å². The van der Waals surface area contributed by atoms with Gasteiger partial charge in [0.25, 0.3) is 5.69 Å². The highest BCUT2D eigenvalue weighted by molar-refractivity contribution is 5.94. The zero-order valence-electron chi connectivity index (χ0n) is 15.7. The molecule has 144 valence electrons. The Morgan fingerprint density at radius 3 is 2.30 bits per heavy atom. The van der Waals surface area contributed by atoms with Crippen LogP contribution in [0.3, 0.4) is 0 Å². The summed E-state index contributed by atoms with van der Waals surface area (Å²) < 4.78 is 10.6. The predicted molar refractivity (Wildman–Crippen MR) is 102 cm³/mol. The number of carbonyl (C=O) groups excluding carboxylic acids is 1. The number of hydrogen-bond donors (Lipinski definition) is 2. The van der Waals surface area contributed by atoms with Gasteiger partial charge in [0.2, 0.25) is 5.91 Å². The summed E-state index contributed by atoms with van der Waals surface area (Å²) in [6.45, 7) is 3.66. The lowest BCUT2D eigenvalue weighted by atomic mass is 10.1. The molecule has 27 heavy (non-hydrogen) atoms. The molecule has 0 saturated heterocycles. The molecule has 0 fully saturated rings. The third-order valence-electron chi connectivity index (χ3n) is 4.14. The molecular weight excluding hydrogens is 350 g/mol. The molecule has 0 bridgehead atoms. The molecule has 0 aliphatic heterocycles. The third kappa shape index (κ3) is 5.18. The second-order valence-electron chi connectivity index (χ2n) is 6.01. The molecule has 0 spiro atoms. The van der Waals surface area contributed by atoms with Gasteiger partial charge in [0.1, 0.15) is 11.5 Å². The summed E-state index contributed by atoms with van der Waals surface area (Å²) in [4.78, 5) is 22.6. The van der Waals surface area contributed by atoms with Crippen LogP contribution in [0.5, 0.6) is 11.5 Å². The van der Waals surface area contributed by atoms with Crippen molar-refractivity contribution < 1.29 is 19.2 Å². The molecule has 8 heteroatoms. The molecule has 0 aliphatic carbocycles. The van der Waals surface area contributed by atoms with E-state index in [9.17, 15) is 14.9 Å². The zero-order valence-corrected chi connectivity index (χ0v) is 15.7. The summed E-state index contributed by atoms with van der Waals surface area (Å²) in [5.41, 5.74) is 1.33. The summed E-state index contributed by atoms with van der Waals surface area (Å²) in [5.74, 6) is 1.14. The van der Waals surface area contributed by atoms with E-state index in [1.165, 1.54) is 24.3 Å². The molecule has 2 N–H and O–H groups in total. The van der Waals surface area contributed by atoms with Gasteiger partial charge in [-0.05, 0) is 44.2 Å². The number of anilines is 1. The Morgan fingerprint density at radius 2 is 1.74 bits per heavy atom. The van der Waals surface area contributed by atoms with Crippen molar-refractivity contribution in [3.63, 3.8) is 0 Å². The van der Waals surface area contributed by atoms with Gasteiger partial charge in [0.15, 0.2) is 0 Å². The van der Waals surface area contributed by atoms with Crippen LogP contribution in [0.1, 0.15) is 25.5 Å². The number of nitrogens with one attached hydrogen (secondary N) is 2. The lowest BCUT2D eigenvalue weighted by Crippen LogP contribution is -2.39. The van der Waals surface area contributed by atoms with Crippen molar-refractivity contribution in [1.82, 2.24) is 5.32 Å². The number of hydrogen-bond acceptors (Lipinski definition) is 6. The van der Waals surface area contributed by atoms with Crippen LogP contribution < -0.4 is 20.1 Å². The van der Waals surface area contributed by atoms with E-state index < -0.39 is 11.0 Å². The van der Waals surface area contributed by atoms with E-state index in [2.05, 4.69) is 10.6 Å². The van der Waals surface area contributed by atoms with Crippen LogP contribution in [0, 0.1) is 10.1 Å². The highest BCUT2D eigenvalue weighted by atomic mass is 16.6. The first-order chi connectivity index (χ1) is 12.8. The molecule has 0 aromatic heterocycles. The molecule has 2 aromatic carbocycles. The molecule has 0 radical (unpaired) electrons. The first-order valence-electron chi connectivity index (χ1n) is 8.39. The van der Waals surface area contributed by atoms with E-state index in [1.54, 1.807) is 27.2 Å². The monoisotopic (exact) mass is 373 g/mol. The van der Waals surface area contributed by atoms with Crippen molar-refractivity contribution in [3.05, 3.63) is 58.1 Å². The summed E-state index contributed by atoms with van der Waals surface area (Å²) >= 11 is 0. The highest BCUT2D eigenvalue weighted by Crippen LogP contribution is 2.29. The van der Waals surface area contributed by atoms with E-state index in [0.29, 0.717) is 17.2 Å². The third-order valence-corrected chi connectivity index (χ3v) is 4.14. The van der Waals surface area contributed by atoms with Gasteiger partial charge in [-0.25, -0.2) is 0 Å². The fourth-order valence-corrected chi connectivity index (χ4v) is 2.64. The lowest BCUT2D eigenvalue weighted by molar-refractivity contribution is -0.384. The van der Waals surface area contributed by atoms with Crippen LogP contribution in [0.15, 0.2) is 42.5 Å². The minimum absolute atomic E-state index is 0.0297. The molecule has 0 aliphatic rings. The Kier molecular flexibility index (Phi) is 6.73. The topological polar surface area (TPSA) is 103 Å². The lowest BCUT2D eigenvalue weighted by Gasteiger charge is -2.22. The predicted octanol–water partition coefficient (Wildman–Crippen LogP) is 3.29. The van der Waals surface area contributed by atoms with E-state index in [0.717, 1.165) is 5.56 Å². The van der Waals surface area contributed by atoms with Crippen LogP contribution in [0.2, 0.25) is 0 Å². The summed E-state index contributed by atoms with van der Waals surface area (Å²) in [6.07, 6.45) is 0. The second-order valence-corrected chi connectivity index (χ2v) is 6.01. The second kappa shape index (κ2) is 9.00. The molecule has 2 rings (SSSR count). The Balaban J connectivity index is 2.04. The Morgan fingerprint density at radius 1 is 1.07 bits per heavy atom. The van der Waals surface area contributed by atoms with Crippen molar-refractivity contribution in [3.8, 4) is 11.5 Å². The fourth-order valence-electron chi connectivity index (χ4n) is 2.64. The molecule has 2 atom stereocenters. The normalized spacial score (nSPS) is 12.7. The molecule has 2 aromatic rings. The van der Waals surface area contributed by atoms with E-state index >= 15 is 0 Å². The zero-order chi connectivity index (χ0) is 20.0. The van der Waals surface area contributed by atoms with Crippen LogP contribution in [-0.4, -0.2) is 31.1 Å². The van der Waals surface area contributed by atoms with E-state index in [1.807, 2.05) is 19.1 Å². The Labute approximate surface area is 157 Å². The Bertz CT molecular complexity index is 807. The van der Waals surface area contributed by atoms with Crippen molar-refractivity contribution >= 4 is 17.3 Å². The molecule has 1 amide bonds. The van der Waals surface area contributed by atoms with Crippen molar-refractivity contribution in [1.29, 1.82) is 0 Å². The van der Waals surface area contributed by atoms with Gasteiger partial charge in [-0.15, -0.1) is 0 Å². The van der Waals surface area contributed by atoms with Gasteiger partial charge in [-0.2, -0.15) is 0 Å². The van der Waals surface area contributed by atoms with Gasteiger partial charge >= 0.3 is 0 Å². The first-order valence-corrected chi connectivity index (χ1v) is 8.39. The first kappa shape index (κ1) is 20.2. The summed E-state index contributed by atoms with van der Waals surface area (Å²) in [7, 11) is 3.17. The number of rotatable bonds is 8. The van der Waals surface area contributed by atoms with E-state index in [-0.39, 0.29) is 17.6 Å². The number of nitrogens with zero attached hydrogens (tertiary/aromatic N) is 1. The minimum atomic E-state index is -0.508. The molecule has 0 unspecified atom stereocenters. The SMILES string of the molecule is COc1ccc(OC)c([C@H](C)N[C@H](C)C(=O)Nc2ccc([N+](=O)[O-])cc2)c1. The summed E-state index contributed by atoms with van der Waals surface area (Å²) in [6, 6.07) is 10.5. The fraction of sp³-hybridized carbons (Fsp3) is 0.316. The number of ether oxygens (including phenoxy) is 2. The maximum atomic E-state index is 12.4. The number of amides is 1. The highest BCUT2D eigenvalue weighted by Gasteiger charge is 2.19. The largest absolute Gasteiger partial charge is 0.497 e. The number of benzene rings is 2. The van der Waals surface area contributed by atoms with Crippen LogP contribution in [0.4, 0.5) is 11.4 Å². The Hall–Kier alpha value is -3.13. The number of carbonyl (C=O) groups is 1. The van der Waals surface area contributed by atoms with Crippen LogP contribution in [0.25, 0.3) is 0 Å². The van der Waals surface area contributed by atoms with Gasteiger partial charge in [0.05, 0.1) is 25.2 Å². The molecule has 8 nitrogen and oxygen atoms in total. The number of methoxy groups -OCH3 is 2. The number of nitro groups is 1. The summed E-state index contributed by atoms with van der Waals surface area (Å²) in [5, 5.41) is 16.6. The average molecular weight is 373 g/mol. The van der Waals surface area contributed by atoms with Gasteiger partial charge in [-0.1, -0.05) is 0 Å². The van der Waals surface area contributed by atoms with Crippen LogP contribution in [-0.2, 0) is 4.79 Å². The number of non-ortho nitro benzene ring substituents is 1. The number of nitro benzene ring substituents is 1. The standard InChI is InChI=1S/C19H23N3O5/c1-12(17-11-16(26-3)9-10-18(17)27-4)20-13(2)19(23)21-14-5-7-15(8-6-14)22(24)25/h5-13,20H,1-4H3,(H,21,23)/t12-,13+/m0/s1. The van der Waals surface area contributed by atoms with Crippen LogP contribution >= 0.6 is 0 Å². The maximum Gasteiger partial charge on any atom is 0.269 e. The van der Waals surface area contributed by atoms with Gasteiger partial charge in [0, 0.05) is 29.4 Å². The maximum absolute atomic E-state index is 12.4. The molecule has 0 heterocycles.